The van der Waals surface area contributed by atoms with E-state index < -0.39 is 37.5 Å². The molecule has 10 nitrogen and oxygen atoms in total. The summed E-state index contributed by atoms with van der Waals surface area (Å²) in [7, 11) is 1.33. The molecule has 0 saturated carbocycles. The molecule has 0 aliphatic carbocycles. The first-order chi connectivity index (χ1) is 12.0. The van der Waals surface area contributed by atoms with Crippen LogP contribution in [-0.2, 0) is 0 Å². The molecule has 0 spiro atoms. The summed E-state index contributed by atoms with van der Waals surface area (Å²) in [5.41, 5.74) is -2.56. The van der Waals surface area contributed by atoms with Crippen LogP contribution in [0.5, 0.6) is 0 Å². The van der Waals surface area contributed by atoms with Crippen LogP contribution in [0.2, 0.25) is 5.02 Å². The van der Waals surface area contributed by atoms with E-state index in [1.807, 2.05) is 0 Å². The summed E-state index contributed by atoms with van der Waals surface area (Å²) in [5, 5.41) is 33.9. The van der Waals surface area contributed by atoms with Crippen LogP contribution in [0.1, 0.15) is 0 Å². The molecule has 0 amide bonds. The molecule has 2 rings (SSSR count). The van der Waals surface area contributed by atoms with Crippen LogP contribution in [0, 0.1) is 30.3 Å². The first kappa shape index (κ1) is 20.0. The third-order valence-corrected chi connectivity index (χ3v) is 4.66. The summed E-state index contributed by atoms with van der Waals surface area (Å²) in [6, 6.07) is 4.43. The second-order valence-electron chi connectivity index (χ2n) is 4.88. The molecule has 0 bridgehead atoms. The predicted octanol–water partition coefficient (Wildman–Crippen LogP) is 5.36. The Morgan fingerprint density at radius 2 is 1.38 bits per heavy atom. The molecule has 0 N–H and O–H groups in total. The van der Waals surface area contributed by atoms with Crippen LogP contribution < -0.4 is 4.90 Å². The summed E-state index contributed by atoms with van der Waals surface area (Å²) in [6.07, 6.45) is 0. The Labute approximate surface area is 167 Å². The predicted molar refractivity (Wildman–Crippen MR) is 101 cm³/mol. The fourth-order valence-corrected chi connectivity index (χ4v) is 4.37. The first-order valence-corrected chi connectivity index (χ1v) is 8.50. The number of non-ortho nitro benzene ring substituents is 1. The summed E-state index contributed by atoms with van der Waals surface area (Å²) in [6.45, 7) is 0. The average molecular weight is 510 g/mol. The van der Waals surface area contributed by atoms with Crippen molar-refractivity contribution in [3.63, 3.8) is 0 Å². The largest absolute Gasteiger partial charge is 0.331 e. The molecular formula is C13H7Br2ClN4O6. The molecule has 0 saturated heterocycles. The van der Waals surface area contributed by atoms with Gasteiger partial charge < -0.3 is 4.90 Å². The van der Waals surface area contributed by atoms with Crippen LogP contribution >= 0.6 is 43.5 Å². The third kappa shape index (κ3) is 3.76. The average Bonchev–Trinajstić information content (AvgIpc) is 2.52. The molecule has 0 aliphatic rings. The highest BCUT2D eigenvalue weighted by molar-refractivity contribution is 9.11. The van der Waals surface area contributed by atoms with Crippen LogP contribution in [0.25, 0.3) is 0 Å². The lowest BCUT2D eigenvalue weighted by molar-refractivity contribution is -0.402. The molecule has 2 aromatic rings. The monoisotopic (exact) mass is 508 g/mol. The van der Waals surface area contributed by atoms with E-state index in [0.29, 0.717) is 21.1 Å². The Kier molecular flexibility index (Phi) is 5.78. The minimum absolute atomic E-state index is 0.149. The summed E-state index contributed by atoms with van der Waals surface area (Å²) >= 11 is 12.7. The van der Waals surface area contributed by atoms with E-state index in [9.17, 15) is 30.3 Å². The van der Waals surface area contributed by atoms with Gasteiger partial charge in [0.05, 0.1) is 37.6 Å². The quantitative estimate of drug-likeness (QED) is 0.391. The standard InChI is InChI=1S/C13H7Br2ClN4O6/c1-17(12-8(15)2-6(14)3-9(12)16)13-10(19(23)24)4-7(18(21)22)5-11(13)20(25)26/h2-5H,1H3. The maximum atomic E-state index is 11.4. The summed E-state index contributed by atoms with van der Waals surface area (Å²) in [5.74, 6) is 0. The highest BCUT2D eigenvalue weighted by Gasteiger charge is 2.34. The van der Waals surface area contributed by atoms with Crippen LogP contribution in [0.15, 0.2) is 33.2 Å². The second kappa shape index (κ2) is 7.51. The van der Waals surface area contributed by atoms with E-state index in [4.69, 9.17) is 11.6 Å². The molecule has 26 heavy (non-hydrogen) atoms. The number of nitro benzene ring substituents is 3. The van der Waals surface area contributed by atoms with E-state index in [2.05, 4.69) is 31.9 Å². The Morgan fingerprint density at radius 3 is 1.77 bits per heavy atom. The van der Waals surface area contributed by atoms with Gasteiger partial charge in [-0.1, -0.05) is 27.5 Å². The fraction of sp³-hybridized carbons (Fsp3) is 0.0769. The number of halogens is 3. The zero-order valence-corrected chi connectivity index (χ0v) is 16.6. The number of hydrogen-bond acceptors (Lipinski definition) is 7. The SMILES string of the molecule is CN(c1c(Cl)cc(Br)cc1Br)c1c([N+](=O)[O-])cc([N+](=O)[O-])cc1[N+](=O)[O-]. The molecule has 0 heterocycles. The van der Waals surface area contributed by atoms with Gasteiger partial charge in [0.25, 0.3) is 5.69 Å². The van der Waals surface area contributed by atoms with Crippen molar-refractivity contribution in [1.29, 1.82) is 0 Å². The molecule has 0 unspecified atom stereocenters. The molecule has 0 atom stereocenters. The number of benzene rings is 2. The van der Waals surface area contributed by atoms with Gasteiger partial charge in [0, 0.05) is 16.0 Å². The van der Waals surface area contributed by atoms with Crippen molar-refractivity contribution < 1.29 is 14.8 Å². The maximum absolute atomic E-state index is 11.4. The van der Waals surface area contributed by atoms with Crippen molar-refractivity contribution >= 4 is 71.9 Å². The first-order valence-electron chi connectivity index (χ1n) is 6.54. The van der Waals surface area contributed by atoms with Crippen molar-refractivity contribution in [1.82, 2.24) is 0 Å². The zero-order chi connectivity index (χ0) is 19.8. The maximum Gasteiger partial charge on any atom is 0.306 e. The molecule has 0 aromatic heterocycles. The van der Waals surface area contributed by atoms with E-state index in [1.54, 1.807) is 6.07 Å². The van der Waals surface area contributed by atoms with Gasteiger partial charge in [-0.05, 0) is 28.1 Å². The van der Waals surface area contributed by atoms with Gasteiger partial charge >= 0.3 is 11.4 Å². The van der Waals surface area contributed by atoms with E-state index in [-0.39, 0.29) is 10.7 Å². The highest BCUT2D eigenvalue weighted by Crippen LogP contribution is 2.47. The number of nitrogens with zero attached hydrogens (tertiary/aromatic N) is 4. The topological polar surface area (TPSA) is 133 Å². The van der Waals surface area contributed by atoms with Crippen molar-refractivity contribution in [2.24, 2.45) is 0 Å². The van der Waals surface area contributed by atoms with E-state index in [1.165, 1.54) is 13.1 Å². The van der Waals surface area contributed by atoms with Crippen LogP contribution in [0.4, 0.5) is 28.4 Å². The molecule has 2 aromatic carbocycles. The number of anilines is 2. The highest BCUT2D eigenvalue weighted by atomic mass is 79.9. The second-order valence-corrected chi connectivity index (χ2v) is 7.06. The van der Waals surface area contributed by atoms with Gasteiger partial charge in [-0.3, -0.25) is 30.3 Å². The Balaban J connectivity index is 2.85. The molecule has 136 valence electrons. The summed E-state index contributed by atoms with van der Waals surface area (Å²) in [4.78, 5) is 32.1. The number of hydrogen-bond donors (Lipinski definition) is 0. The van der Waals surface area contributed by atoms with Crippen molar-refractivity contribution in [3.05, 3.63) is 68.6 Å². The zero-order valence-electron chi connectivity index (χ0n) is 12.7. The molecule has 13 heteroatoms. The minimum Gasteiger partial charge on any atom is -0.331 e. The fourth-order valence-electron chi connectivity index (χ4n) is 2.28. The lowest BCUT2D eigenvalue weighted by Crippen LogP contribution is -2.15. The van der Waals surface area contributed by atoms with E-state index in [0.717, 1.165) is 4.90 Å². The van der Waals surface area contributed by atoms with Gasteiger partial charge in [0.1, 0.15) is 0 Å². The van der Waals surface area contributed by atoms with E-state index >= 15 is 0 Å². The molecule has 0 aliphatic heterocycles. The minimum atomic E-state index is -0.938. The van der Waals surface area contributed by atoms with Gasteiger partial charge in [0.2, 0.25) is 0 Å². The number of rotatable bonds is 5. The van der Waals surface area contributed by atoms with Crippen LogP contribution in [-0.4, -0.2) is 21.8 Å². The van der Waals surface area contributed by atoms with Crippen LogP contribution in [0.3, 0.4) is 0 Å². The molecule has 0 fully saturated rings. The summed E-state index contributed by atoms with van der Waals surface area (Å²) < 4.78 is 1.01. The number of nitro groups is 3. The normalized spacial score (nSPS) is 10.5. The third-order valence-electron chi connectivity index (χ3n) is 3.31. The van der Waals surface area contributed by atoms with Crippen molar-refractivity contribution in [2.45, 2.75) is 0 Å². The lowest BCUT2D eigenvalue weighted by Gasteiger charge is -2.22. The Bertz CT molecular complexity index is 896. The Hall–Kier alpha value is -2.31. The van der Waals surface area contributed by atoms with Gasteiger partial charge in [0.15, 0.2) is 5.69 Å². The Morgan fingerprint density at radius 1 is 0.885 bits per heavy atom. The van der Waals surface area contributed by atoms with Crippen molar-refractivity contribution in [3.8, 4) is 0 Å². The van der Waals surface area contributed by atoms with Gasteiger partial charge in [-0.2, -0.15) is 0 Å². The smallest absolute Gasteiger partial charge is 0.306 e. The van der Waals surface area contributed by atoms with Gasteiger partial charge in [-0.25, -0.2) is 0 Å². The molecular weight excluding hydrogens is 503 g/mol. The lowest BCUT2D eigenvalue weighted by atomic mass is 10.1. The molecule has 0 radical (unpaired) electrons. The van der Waals surface area contributed by atoms with Crippen molar-refractivity contribution in [2.75, 3.05) is 11.9 Å². The van der Waals surface area contributed by atoms with Gasteiger partial charge in [-0.15, -0.1) is 0 Å².